The molecule has 0 N–H and O–H groups in total. The van der Waals surface area contributed by atoms with E-state index in [1.807, 2.05) is 0 Å². The summed E-state index contributed by atoms with van der Waals surface area (Å²) in [4.78, 5) is 11.7. The van der Waals surface area contributed by atoms with Crippen molar-refractivity contribution in [3.05, 3.63) is 20.3 Å². The first-order valence-corrected chi connectivity index (χ1v) is 5.98. The third-order valence-electron chi connectivity index (χ3n) is 1.67. The van der Waals surface area contributed by atoms with Gasteiger partial charge in [-0.1, -0.05) is 23.2 Å². The number of hydrogen-bond acceptors (Lipinski definition) is 4. The maximum Gasteiger partial charge on any atom is 0.349 e. The molecule has 2 heterocycles. The minimum atomic E-state index is -0.403. The third kappa shape index (κ3) is 1.52. The summed E-state index contributed by atoms with van der Waals surface area (Å²) in [5.41, 5.74) is 0. The minimum absolute atomic E-state index is 0.403. The molecule has 2 aromatic rings. The van der Waals surface area contributed by atoms with Gasteiger partial charge in [-0.05, 0) is 6.07 Å². The van der Waals surface area contributed by atoms with Crippen LogP contribution in [0.4, 0.5) is 0 Å². The summed E-state index contributed by atoms with van der Waals surface area (Å²) in [7, 11) is 1.33. The molecule has 2 aromatic heterocycles. The Morgan fingerprint density at radius 2 is 2.14 bits per heavy atom. The number of hydrogen-bond donors (Lipinski definition) is 0. The number of carbonyl (C=O) groups is 1. The van der Waals surface area contributed by atoms with E-state index >= 15 is 0 Å². The van der Waals surface area contributed by atoms with Gasteiger partial charge in [0.05, 0.1) is 20.5 Å². The minimum Gasteiger partial charge on any atom is -0.465 e. The van der Waals surface area contributed by atoms with Gasteiger partial charge >= 0.3 is 5.97 Å². The Morgan fingerprint density at radius 1 is 1.43 bits per heavy atom. The van der Waals surface area contributed by atoms with Crippen LogP contribution in [0, 0.1) is 0 Å². The molecule has 0 aliphatic carbocycles. The Balaban J connectivity index is 2.64. The van der Waals surface area contributed by atoms with E-state index in [0.717, 1.165) is 9.40 Å². The van der Waals surface area contributed by atoms with Gasteiger partial charge < -0.3 is 4.74 Å². The summed E-state index contributed by atoms with van der Waals surface area (Å²) in [5.74, 6) is -0.403. The molecule has 0 saturated heterocycles. The monoisotopic (exact) mass is 266 g/mol. The van der Waals surface area contributed by atoms with Crippen LogP contribution in [0.2, 0.25) is 9.36 Å². The molecule has 0 aliphatic rings. The van der Waals surface area contributed by atoms with Crippen molar-refractivity contribution in [2.24, 2.45) is 0 Å². The molecular weight excluding hydrogens is 263 g/mol. The van der Waals surface area contributed by atoms with E-state index in [1.54, 1.807) is 6.07 Å². The van der Waals surface area contributed by atoms with Crippen molar-refractivity contribution >= 4 is 61.2 Å². The van der Waals surface area contributed by atoms with E-state index in [1.165, 1.54) is 29.8 Å². The molecule has 0 spiro atoms. The molecule has 6 heteroatoms. The van der Waals surface area contributed by atoms with Gasteiger partial charge in [-0.25, -0.2) is 4.79 Å². The Bertz CT molecular complexity index is 501. The molecule has 0 amide bonds. The molecule has 2 rings (SSSR count). The molecule has 0 unspecified atom stereocenters. The van der Waals surface area contributed by atoms with Crippen molar-refractivity contribution < 1.29 is 9.53 Å². The molecule has 0 aliphatic heterocycles. The molecule has 0 radical (unpaired) electrons. The van der Waals surface area contributed by atoms with E-state index in [9.17, 15) is 4.79 Å². The first-order chi connectivity index (χ1) is 6.63. The molecule has 0 saturated carbocycles. The van der Waals surface area contributed by atoms with E-state index in [2.05, 4.69) is 4.74 Å². The molecule has 2 nitrogen and oxygen atoms in total. The quantitative estimate of drug-likeness (QED) is 0.728. The van der Waals surface area contributed by atoms with Crippen molar-refractivity contribution in [2.45, 2.75) is 0 Å². The Morgan fingerprint density at radius 3 is 2.71 bits per heavy atom. The van der Waals surface area contributed by atoms with Crippen LogP contribution in [0.3, 0.4) is 0 Å². The Kier molecular flexibility index (Phi) is 2.70. The average molecular weight is 267 g/mol. The van der Waals surface area contributed by atoms with Gasteiger partial charge in [-0.3, -0.25) is 0 Å². The zero-order chi connectivity index (χ0) is 10.3. The third-order valence-corrected chi connectivity index (χ3v) is 4.71. The molecule has 0 aromatic carbocycles. The van der Waals surface area contributed by atoms with E-state index in [0.29, 0.717) is 14.2 Å². The highest BCUT2D eigenvalue weighted by molar-refractivity contribution is 7.40. The van der Waals surface area contributed by atoms with Crippen LogP contribution in [0.25, 0.3) is 9.40 Å². The highest BCUT2D eigenvalue weighted by Gasteiger charge is 2.19. The maximum absolute atomic E-state index is 11.3. The first-order valence-electron chi connectivity index (χ1n) is 3.59. The number of fused-ring (bicyclic) bond motifs is 1. The van der Waals surface area contributed by atoms with Gasteiger partial charge in [0.2, 0.25) is 0 Å². The summed E-state index contributed by atoms with van der Waals surface area (Å²) in [6.07, 6.45) is 0. The van der Waals surface area contributed by atoms with Crippen molar-refractivity contribution in [3.63, 3.8) is 0 Å². The molecule has 14 heavy (non-hydrogen) atoms. The van der Waals surface area contributed by atoms with Crippen LogP contribution in [0.5, 0.6) is 0 Å². The Labute approximate surface area is 98.0 Å². The summed E-state index contributed by atoms with van der Waals surface area (Å²) in [6.45, 7) is 0. The molecule has 0 bridgehead atoms. The standard InChI is InChI=1S/C8H4Cl2O2S2/c1-12-7(11)6-5(10)3-2-4(9)13-8(3)14-6/h2H,1H3. The van der Waals surface area contributed by atoms with Crippen molar-refractivity contribution in [1.29, 1.82) is 0 Å². The second-order valence-electron chi connectivity index (χ2n) is 2.49. The number of halogens is 2. The van der Waals surface area contributed by atoms with Crippen LogP contribution in [0.1, 0.15) is 9.67 Å². The number of esters is 1. The van der Waals surface area contributed by atoms with Gasteiger partial charge in [-0.15, -0.1) is 22.7 Å². The first kappa shape index (κ1) is 10.2. The lowest BCUT2D eigenvalue weighted by atomic mass is 10.3. The largest absolute Gasteiger partial charge is 0.465 e. The Hall–Kier alpha value is -0.290. The predicted molar refractivity (Wildman–Crippen MR) is 61.1 cm³/mol. The summed E-state index contributed by atoms with van der Waals surface area (Å²) in [5, 5.41) is 1.26. The van der Waals surface area contributed by atoms with E-state index in [4.69, 9.17) is 23.2 Å². The summed E-state index contributed by atoms with van der Waals surface area (Å²) < 4.78 is 6.22. The van der Waals surface area contributed by atoms with Crippen LogP contribution in [-0.2, 0) is 4.74 Å². The van der Waals surface area contributed by atoms with Crippen molar-refractivity contribution in [1.82, 2.24) is 0 Å². The van der Waals surface area contributed by atoms with Gasteiger partial charge in [0.15, 0.2) is 0 Å². The summed E-state index contributed by atoms with van der Waals surface area (Å²) >= 11 is 14.5. The lowest BCUT2D eigenvalue weighted by molar-refractivity contribution is 0.0606. The van der Waals surface area contributed by atoms with Gasteiger partial charge in [0.1, 0.15) is 4.88 Å². The van der Waals surface area contributed by atoms with Gasteiger partial charge in [0.25, 0.3) is 0 Å². The number of carbonyl (C=O) groups excluding carboxylic acids is 1. The highest BCUT2D eigenvalue weighted by Crippen LogP contribution is 2.42. The molecule has 0 fully saturated rings. The van der Waals surface area contributed by atoms with E-state index in [-0.39, 0.29) is 0 Å². The van der Waals surface area contributed by atoms with Crippen molar-refractivity contribution in [3.8, 4) is 0 Å². The number of ether oxygens (including phenoxy) is 1. The second-order valence-corrected chi connectivity index (χ2v) is 5.83. The lowest BCUT2D eigenvalue weighted by Crippen LogP contribution is -1.97. The molecule has 74 valence electrons. The van der Waals surface area contributed by atoms with Crippen molar-refractivity contribution in [2.75, 3.05) is 7.11 Å². The van der Waals surface area contributed by atoms with Crippen LogP contribution in [0.15, 0.2) is 6.07 Å². The predicted octanol–water partition coefficient (Wildman–Crippen LogP) is 4.06. The fraction of sp³-hybridized carbons (Fsp3) is 0.125. The zero-order valence-electron chi connectivity index (χ0n) is 6.97. The number of thiophene rings is 2. The zero-order valence-corrected chi connectivity index (χ0v) is 10.1. The summed E-state index contributed by atoms with van der Waals surface area (Å²) in [6, 6.07) is 1.76. The van der Waals surface area contributed by atoms with Gasteiger partial charge in [-0.2, -0.15) is 0 Å². The number of rotatable bonds is 1. The fourth-order valence-electron chi connectivity index (χ4n) is 1.06. The average Bonchev–Trinajstić information content (AvgIpc) is 2.64. The number of methoxy groups -OCH3 is 1. The molecular formula is C8H4Cl2O2S2. The van der Waals surface area contributed by atoms with Gasteiger partial charge in [0, 0.05) is 5.39 Å². The van der Waals surface area contributed by atoms with E-state index < -0.39 is 5.97 Å². The maximum atomic E-state index is 11.3. The normalized spacial score (nSPS) is 10.8. The smallest absolute Gasteiger partial charge is 0.349 e. The molecule has 0 atom stereocenters. The van der Waals surface area contributed by atoms with Crippen LogP contribution >= 0.6 is 45.9 Å². The SMILES string of the molecule is COC(=O)c1sc2sc(Cl)cc2c1Cl. The van der Waals surface area contributed by atoms with Crippen LogP contribution in [-0.4, -0.2) is 13.1 Å². The second kappa shape index (κ2) is 3.70. The van der Waals surface area contributed by atoms with Crippen LogP contribution < -0.4 is 0 Å². The lowest BCUT2D eigenvalue weighted by Gasteiger charge is -1.93. The fourth-order valence-corrected chi connectivity index (χ4v) is 4.12. The topological polar surface area (TPSA) is 26.3 Å². The highest BCUT2D eigenvalue weighted by atomic mass is 35.5.